The van der Waals surface area contributed by atoms with Gasteiger partial charge < -0.3 is 9.64 Å². The molecule has 0 saturated heterocycles. The Balaban J connectivity index is 1.86. The summed E-state index contributed by atoms with van der Waals surface area (Å²) in [7, 11) is 1.33. The number of esters is 1. The summed E-state index contributed by atoms with van der Waals surface area (Å²) in [5.41, 5.74) is 1.78. The monoisotopic (exact) mass is 300 g/mol. The fraction of sp³-hybridized carbons (Fsp3) is 0.333. The summed E-state index contributed by atoms with van der Waals surface area (Å²) >= 11 is 0. The van der Waals surface area contributed by atoms with E-state index in [0.717, 1.165) is 11.3 Å². The number of carbonyl (C=O) groups is 2. The number of hydrogen-bond acceptors (Lipinski definition) is 5. The molecule has 22 heavy (non-hydrogen) atoms. The van der Waals surface area contributed by atoms with E-state index in [1.807, 2.05) is 30.3 Å². The van der Waals surface area contributed by atoms with E-state index in [1.165, 1.54) is 12.0 Å². The maximum atomic E-state index is 12.3. The SMILES string of the molecule is COC(=O)[C@H](Cc1ccccc1)N1Cc2cnnn2CC1=O. The third-order valence-corrected chi connectivity index (χ3v) is 3.76. The van der Waals surface area contributed by atoms with Gasteiger partial charge in [-0.1, -0.05) is 35.5 Å². The molecular formula is C15H16N4O3. The molecule has 114 valence electrons. The molecule has 7 nitrogen and oxygen atoms in total. The van der Waals surface area contributed by atoms with E-state index in [4.69, 9.17) is 4.74 Å². The standard InChI is InChI=1S/C15H16N4O3/c1-22-15(21)13(7-11-5-3-2-4-6-11)18-9-12-8-16-17-19(12)10-14(18)20/h2-6,8,13H,7,9-10H2,1H3/t13-/m0/s1. The minimum absolute atomic E-state index is 0.0949. The van der Waals surface area contributed by atoms with Crippen LogP contribution in [0.1, 0.15) is 11.3 Å². The first-order valence-corrected chi connectivity index (χ1v) is 6.97. The molecule has 0 saturated carbocycles. The van der Waals surface area contributed by atoms with Gasteiger partial charge in [-0.3, -0.25) is 4.79 Å². The first-order chi connectivity index (χ1) is 10.7. The van der Waals surface area contributed by atoms with Gasteiger partial charge in [0, 0.05) is 6.42 Å². The van der Waals surface area contributed by atoms with Gasteiger partial charge in [-0.05, 0) is 5.56 Å². The number of benzene rings is 1. The Hall–Kier alpha value is -2.70. The Morgan fingerprint density at radius 3 is 2.82 bits per heavy atom. The molecule has 3 rings (SSSR count). The van der Waals surface area contributed by atoms with Crippen LogP contribution in [0.15, 0.2) is 36.5 Å². The second kappa shape index (κ2) is 5.97. The molecule has 1 amide bonds. The van der Waals surface area contributed by atoms with Crippen LogP contribution in [0.3, 0.4) is 0 Å². The first kappa shape index (κ1) is 14.2. The lowest BCUT2D eigenvalue weighted by Gasteiger charge is -2.32. The van der Waals surface area contributed by atoms with E-state index in [2.05, 4.69) is 10.3 Å². The van der Waals surface area contributed by atoms with Crippen LogP contribution in [0.4, 0.5) is 0 Å². The highest BCUT2D eigenvalue weighted by atomic mass is 16.5. The maximum absolute atomic E-state index is 12.3. The Kier molecular flexibility index (Phi) is 3.86. The lowest BCUT2D eigenvalue weighted by Crippen LogP contribution is -2.50. The number of carbonyl (C=O) groups excluding carboxylic acids is 2. The van der Waals surface area contributed by atoms with E-state index in [9.17, 15) is 9.59 Å². The summed E-state index contributed by atoms with van der Waals surface area (Å²) < 4.78 is 6.44. The van der Waals surface area contributed by atoms with Crippen molar-refractivity contribution in [2.24, 2.45) is 0 Å². The molecule has 0 radical (unpaired) electrons. The van der Waals surface area contributed by atoms with Crippen molar-refractivity contribution in [3.8, 4) is 0 Å². The van der Waals surface area contributed by atoms with Crippen molar-refractivity contribution < 1.29 is 14.3 Å². The van der Waals surface area contributed by atoms with Crippen molar-refractivity contribution in [2.45, 2.75) is 25.6 Å². The maximum Gasteiger partial charge on any atom is 0.328 e. The summed E-state index contributed by atoms with van der Waals surface area (Å²) in [4.78, 5) is 26.0. The lowest BCUT2D eigenvalue weighted by atomic mass is 10.0. The predicted octanol–water partition coefficient (Wildman–Crippen LogP) is 0.405. The van der Waals surface area contributed by atoms with Crippen LogP contribution < -0.4 is 0 Å². The van der Waals surface area contributed by atoms with Crippen molar-refractivity contribution in [3.05, 3.63) is 47.8 Å². The summed E-state index contributed by atoms with van der Waals surface area (Å²) in [5.74, 6) is -0.581. The highest BCUT2D eigenvalue weighted by Gasteiger charge is 2.34. The van der Waals surface area contributed by atoms with Crippen LogP contribution in [-0.4, -0.2) is 44.9 Å². The first-order valence-electron chi connectivity index (χ1n) is 6.97. The Morgan fingerprint density at radius 2 is 2.09 bits per heavy atom. The van der Waals surface area contributed by atoms with Gasteiger partial charge >= 0.3 is 5.97 Å². The summed E-state index contributed by atoms with van der Waals surface area (Å²) in [6.45, 7) is 0.399. The summed E-state index contributed by atoms with van der Waals surface area (Å²) in [5, 5.41) is 7.65. The van der Waals surface area contributed by atoms with Crippen molar-refractivity contribution in [3.63, 3.8) is 0 Å². The second-order valence-corrected chi connectivity index (χ2v) is 5.13. The van der Waals surface area contributed by atoms with Gasteiger partial charge in [0.2, 0.25) is 5.91 Å². The molecular weight excluding hydrogens is 284 g/mol. The molecule has 0 aliphatic carbocycles. The molecule has 1 atom stereocenters. The fourth-order valence-electron chi connectivity index (χ4n) is 2.59. The third kappa shape index (κ3) is 2.69. The number of hydrogen-bond donors (Lipinski definition) is 0. The summed E-state index contributed by atoms with van der Waals surface area (Å²) in [6.07, 6.45) is 2.02. The Bertz CT molecular complexity index is 683. The van der Waals surface area contributed by atoms with Crippen LogP contribution in [0.5, 0.6) is 0 Å². The van der Waals surface area contributed by atoms with Gasteiger partial charge in [0.25, 0.3) is 0 Å². The van der Waals surface area contributed by atoms with Gasteiger partial charge in [0.05, 0.1) is 25.5 Å². The van der Waals surface area contributed by atoms with Crippen LogP contribution in [0, 0.1) is 0 Å². The molecule has 7 heteroatoms. The van der Waals surface area contributed by atoms with Crippen LogP contribution in [-0.2, 0) is 33.8 Å². The van der Waals surface area contributed by atoms with Crippen LogP contribution >= 0.6 is 0 Å². The highest BCUT2D eigenvalue weighted by Crippen LogP contribution is 2.18. The van der Waals surface area contributed by atoms with Crippen LogP contribution in [0.25, 0.3) is 0 Å². The number of nitrogens with zero attached hydrogens (tertiary/aromatic N) is 4. The van der Waals surface area contributed by atoms with E-state index in [-0.39, 0.29) is 12.5 Å². The van der Waals surface area contributed by atoms with Crippen molar-refractivity contribution >= 4 is 11.9 Å². The normalized spacial score (nSPS) is 15.3. The predicted molar refractivity (Wildman–Crippen MR) is 76.5 cm³/mol. The van der Waals surface area contributed by atoms with Crippen molar-refractivity contribution in [2.75, 3.05) is 7.11 Å². The van der Waals surface area contributed by atoms with Gasteiger partial charge in [0.1, 0.15) is 12.6 Å². The molecule has 1 aromatic carbocycles. The molecule has 2 aromatic rings. The molecule has 0 fully saturated rings. The van der Waals surface area contributed by atoms with Crippen LogP contribution in [0.2, 0.25) is 0 Å². The zero-order valence-corrected chi connectivity index (χ0v) is 12.2. The smallest absolute Gasteiger partial charge is 0.328 e. The topological polar surface area (TPSA) is 77.3 Å². The Morgan fingerprint density at radius 1 is 1.32 bits per heavy atom. The number of ether oxygens (including phenoxy) is 1. The van der Waals surface area contributed by atoms with E-state index in [1.54, 1.807) is 10.9 Å². The van der Waals surface area contributed by atoms with E-state index >= 15 is 0 Å². The second-order valence-electron chi connectivity index (χ2n) is 5.13. The lowest BCUT2D eigenvalue weighted by molar-refractivity contribution is -0.154. The number of aromatic nitrogens is 3. The zero-order chi connectivity index (χ0) is 15.5. The average Bonchev–Trinajstić information content (AvgIpc) is 2.99. The van der Waals surface area contributed by atoms with Gasteiger partial charge in [-0.2, -0.15) is 0 Å². The van der Waals surface area contributed by atoms with Gasteiger partial charge in [0.15, 0.2) is 0 Å². The summed E-state index contributed by atoms with van der Waals surface area (Å²) in [6, 6.07) is 8.92. The average molecular weight is 300 g/mol. The molecule has 0 bridgehead atoms. The van der Waals surface area contributed by atoms with Gasteiger partial charge in [-0.25, -0.2) is 9.48 Å². The number of fused-ring (bicyclic) bond motifs is 1. The van der Waals surface area contributed by atoms with Crippen molar-refractivity contribution in [1.82, 2.24) is 19.9 Å². The van der Waals surface area contributed by atoms with Gasteiger partial charge in [-0.15, -0.1) is 5.10 Å². The zero-order valence-electron chi connectivity index (χ0n) is 12.2. The molecule has 0 unspecified atom stereocenters. The molecule has 1 aliphatic rings. The Labute approximate surface area is 127 Å². The fourth-order valence-corrected chi connectivity index (χ4v) is 2.59. The quantitative estimate of drug-likeness (QED) is 0.764. The van der Waals surface area contributed by atoms with E-state index in [0.29, 0.717) is 13.0 Å². The number of amides is 1. The largest absolute Gasteiger partial charge is 0.467 e. The molecule has 1 aliphatic heterocycles. The molecule has 0 N–H and O–H groups in total. The van der Waals surface area contributed by atoms with Crippen molar-refractivity contribution in [1.29, 1.82) is 0 Å². The van der Waals surface area contributed by atoms with E-state index < -0.39 is 12.0 Å². The molecule has 0 spiro atoms. The molecule has 1 aromatic heterocycles. The minimum Gasteiger partial charge on any atom is -0.467 e. The minimum atomic E-state index is -0.649. The number of rotatable bonds is 4. The third-order valence-electron chi connectivity index (χ3n) is 3.76. The number of methoxy groups -OCH3 is 1. The highest BCUT2D eigenvalue weighted by molar-refractivity contribution is 5.85. The molecule has 2 heterocycles.